The van der Waals surface area contributed by atoms with Crippen molar-refractivity contribution in [2.24, 2.45) is 0 Å². The number of carbonyl (C=O) groups excluding carboxylic acids is 1. The molecule has 3 aromatic rings. The Hall–Kier alpha value is -1.77. The van der Waals surface area contributed by atoms with Crippen molar-refractivity contribution in [2.75, 3.05) is 19.0 Å². The predicted octanol–water partition coefficient (Wildman–Crippen LogP) is 4.03. The summed E-state index contributed by atoms with van der Waals surface area (Å²) in [6, 6.07) is 5.85. The molecule has 0 aliphatic heterocycles. The van der Waals surface area contributed by atoms with Crippen LogP contribution in [0.5, 0.6) is 0 Å². The Morgan fingerprint density at radius 3 is 2.83 bits per heavy atom. The third-order valence-corrected chi connectivity index (χ3v) is 5.94. The van der Waals surface area contributed by atoms with Crippen molar-refractivity contribution in [1.82, 2.24) is 15.3 Å². The summed E-state index contributed by atoms with van der Waals surface area (Å²) in [6.45, 7) is 0.444. The normalized spacial score (nSPS) is 10.6. The van der Waals surface area contributed by atoms with Gasteiger partial charge < -0.3 is 10.2 Å². The Kier molecular flexibility index (Phi) is 5.27. The standard InChI is InChI=1S/C16H15BrN4OS2/c1-21(2)14-5-10(3-4-18-14)7-19-15(22)12-9-24-16(20-12)13-6-11(17)8-23-13/h3-6,8-9H,7H2,1-2H3,(H,19,22). The van der Waals surface area contributed by atoms with Crippen LogP contribution in [0, 0.1) is 0 Å². The maximum Gasteiger partial charge on any atom is 0.271 e. The molecule has 0 unspecified atom stereocenters. The van der Waals surface area contributed by atoms with E-state index in [1.807, 2.05) is 42.6 Å². The van der Waals surface area contributed by atoms with Gasteiger partial charge in [0, 0.05) is 42.1 Å². The topological polar surface area (TPSA) is 58.1 Å². The molecule has 0 aromatic carbocycles. The molecule has 0 radical (unpaired) electrons. The molecule has 0 aliphatic carbocycles. The van der Waals surface area contributed by atoms with Crippen LogP contribution in [-0.2, 0) is 6.54 Å². The molecule has 0 fully saturated rings. The maximum atomic E-state index is 12.3. The van der Waals surface area contributed by atoms with Gasteiger partial charge >= 0.3 is 0 Å². The molecule has 24 heavy (non-hydrogen) atoms. The van der Waals surface area contributed by atoms with E-state index in [1.54, 1.807) is 22.9 Å². The first-order chi connectivity index (χ1) is 11.5. The lowest BCUT2D eigenvalue weighted by Gasteiger charge is -2.12. The molecule has 0 aliphatic rings. The molecular weight excluding hydrogens is 408 g/mol. The van der Waals surface area contributed by atoms with E-state index < -0.39 is 0 Å². The predicted molar refractivity (Wildman–Crippen MR) is 103 cm³/mol. The van der Waals surface area contributed by atoms with Crippen molar-refractivity contribution >= 4 is 50.3 Å². The summed E-state index contributed by atoms with van der Waals surface area (Å²) in [5.41, 5.74) is 1.45. The highest BCUT2D eigenvalue weighted by molar-refractivity contribution is 9.10. The summed E-state index contributed by atoms with van der Waals surface area (Å²) < 4.78 is 1.03. The van der Waals surface area contributed by atoms with Gasteiger partial charge in [-0.05, 0) is 39.7 Å². The Morgan fingerprint density at radius 1 is 1.29 bits per heavy atom. The van der Waals surface area contributed by atoms with E-state index in [-0.39, 0.29) is 5.91 Å². The molecule has 0 spiro atoms. The Morgan fingerprint density at radius 2 is 2.12 bits per heavy atom. The van der Waals surface area contributed by atoms with Crippen molar-refractivity contribution < 1.29 is 4.79 Å². The van der Waals surface area contributed by atoms with Crippen LogP contribution in [0.4, 0.5) is 5.82 Å². The highest BCUT2D eigenvalue weighted by Gasteiger charge is 2.13. The molecule has 0 saturated heterocycles. The summed E-state index contributed by atoms with van der Waals surface area (Å²) in [5, 5.41) is 7.55. The first kappa shape index (κ1) is 17.1. The first-order valence-corrected chi connectivity index (χ1v) is 9.68. The molecule has 5 nitrogen and oxygen atoms in total. The van der Waals surface area contributed by atoms with Crippen LogP contribution in [0.1, 0.15) is 16.1 Å². The van der Waals surface area contributed by atoms with Gasteiger partial charge in [0.05, 0.1) is 4.88 Å². The van der Waals surface area contributed by atoms with E-state index in [9.17, 15) is 4.79 Å². The average molecular weight is 423 g/mol. The van der Waals surface area contributed by atoms with Crippen molar-refractivity contribution in [3.63, 3.8) is 0 Å². The molecule has 8 heteroatoms. The van der Waals surface area contributed by atoms with Gasteiger partial charge in [0.1, 0.15) is 16.5 Å². The zero-order valence-corrected chi connectivity index (χ0v) is 16.3. The molecule has 124 valence electrons. The fourth-order valence-electron chi connectivity index (χ4n) is 2.00. The van der Waals surface area contributed by atoms with E-state index in [0.717, 1.165) is 25.7 Å². The van der Waals surface area contributed by atoms with Crippen molar-refractivity contribution in [2.45, 2.75) is 6.54 Å². The van der Waals surface area contributed by atoms with Gasteiger partial charge in [-0.3, -0.25) is 4.79 Å². The second-order valence-corrected chi connectivity index (χ2v) is 7.95. The number of thiophene rings is 1. The van der Waals surface area contributed by atoms with Gasteiger partial charge in [-0.1, -0.05) is 0 Å². The van der Waals surface area contributed by atoms with Gasteiger partial charge in [0.2, 0.25) is 0 Å². The smallest absolute Gasteiger partial charge is 0.271 e. The lowest BCUT2D eigenvalue weighted by atomic mass is 10.2. The van der Waals surface area contributed by atoms with Crippen molar-refractivity contribution in [3.8, 4) is 9.88 Å². The summed E-state index contributed by atoms with van der Waals surface area (Å²) in [4.78, 5) is 24.0. The van der Waals surface area contributed by atoms with E-state index in [1.165, 1.54) is 11.3 Å². The number of aromatic nitrogens is 2. The van der Waals surface area contributed by atoms with Crippen molar-refractivity contribution in [3.05, 3.63) is 50.9 Å². The van der Waals surface area contributed by atoms with Crippen LogP contribution in [0.25, 0.3) is 9.88 Å². The average Bonchev–Trinajstić information content (AvgIpc) is 3.21. The van der Waals surface area contributed by atoms with Crippen LogP contribution in [0.15, 0.2) is 39.6 Å². The molecular formula is C16H15BrN4OS2. The number of hydrogen-bond acceptors (Lipinski definition) is 6. The van der Waals surface area contributed by atoms with Gasteiger partial charge in [0.15, 0.2) is 0 Å². The number of carbonyl (C=O) groups is 1. The minimum Gasteiger partial charge on any atom is -0.363 e. The number of anilines is 1. The summed E-state index contributed by atoms with van der Waals surface area (Å²) in [5.74, 6) is 0.692. The number of hydrogen-bond donors (Lipinski definition) is 1. The Balaban J connectivity index is 1.65. The van der Waals surface area contributed by atoms with Crippen LogP contribution >= 0.6 is 38.6 Å². The molecule has 3 heterocycles. The van der Waals surface area contributed by atoms with Crippen molar-refractivity contribution in [1.29, 1.82) is 0 Å². The number of thiazole rings is 1. The van der Waals surface area contributed by atoms with Gasteiger partial charge in [-0.25, -0.2) is 9.97 Å². The third-order valence-electron chi connectivity index (χ3n) is 3.24. The third kappa shape index (κ3) is 4.00. The fraction of sp³-hybridized carbons (Fsp3) is 0.188. The molecule has 0 saturated carbocycles. The van der Waals surface area contributed by atoms with Crippen LogP contribution < -0.4 is 10.2 Å². The van der Waals surface area contributed by atoms with E-state index >= 15 is 0 Å². The Labute approximate surface area is 156 Å². The number of nitrogens with zero attached hydrogens (tertiary/aromatic N) is 3. The molecule has 1 N–H and O–H groups in total. The SMILES string of the molecule is CN(C)c1cc(CNC(=O)c2csc(-c3cc(Br)cs3)n2)ccn1. The number of nitrogens with one attached hydrogen (secondary N) is 1. The van der Waals surface area contributed by atoms with Crippen LogP contribution in [0.2, 0.25) is 0 Å². The number of pyridine rings is 1. The summed E-state index contributed by atoms with van der Waals surface area (Å²) >= 11 is 6.50. The first-order valence-electron chi connectivity index (χ1n) is 7.13. The molecule has 3 aromatic heterocycles. The van der Waals surface area contributed by atoms with Gasteiger partial charge in [-0.15, -0.1) is 22.7 Å². The zero-order chi connectivity index (χ0) is 17.1. The number of rotatable bonds is 5. The monoisotopic (exact) mass is 422 g/mol. The number of amides is 1. The molecule has 0 atom stereocenters. The minimum absolute atomic E-state index is 0.170. The minimum atomic E-state index is -0.170. The Bertz CT molecular complexity index is 859. The molecule has 3 rings (SSSR count). The highest BCUT2D eigenvalue weighted by Crippen LogP contribution is 2.31. The van der Waals surface area contributed by atoms with Gasteiger partial charge in [-0.2, -0.15) is 0 Å². The van der Waals surface area contributed by atoms with E-state index in [0.29, 0.717) is 12.2 Å². The van der Waals surface area contributed by atoms with Gasteiger partial charge in [0.25, 0.3) is 5.91 Å². The number of halogens is 1. The lowest BCUT2D eigenvalue weighted by molar-refractivity contribution is 0.0946. The zero-order valence-electron chi connectivity index (χ0n) is 13.1. The highest BCUT2D eigenvalue weighted by atomic mass is 79.9. The van der Waals surface area contributed by atoms with E-state index in [2.05, 4.69) is 31.2 Å². The summed E-state index contributed by atoms with van der Waals surface area (Å²) in [6.07, 6.45) is 1.74. The largest absolute Gasteiger partial charge is 0.363 e. The van der Waals surface area contributed by atoms with E-state index in [4.69, 9.17) is 0 Å². The second kappa shape index (κ2) is 7.42. The maximum absolute atomic E-state index is 12.3. The molecule has 0 bridgehead atoms. The second-order valence-electron chi connectivity index (χ2n) is 5.27. The lowest BCUT2D eigenvalue weighted by Crippen LogP contribution is -2.23. The summed E-state index contributed by atoms with van der Waals surface area (Å²) in [7, 11) is 3.87. The van der Waals surface area contributed by atoms with Crippen LogP contribution in [0.3, 0.4) is 0 Å². The fourth-order valence-corrected chi connectivity index (χ4v) is 4.31. The quantitative estimate of drug-likeness (QED) is 0.674. The van der Waals surface area contributed by atoms with Crippen LogP contribution in [-0.4, -0.2) is 30.0 Å². The molecule has 1 amide bonds.